The molecule has 6 nitrogen and oxygen atoms in total. The smallest absolute Gasteiger partial charge is 0.335 e. The van der Waals surface area contributed by atoms with Crippen LogP contribution in [0.4, 0.5) is 21.5 Å². The van der Waals surface area contributed by atoms with Crippen LogP contribution in [-0.2, 0) is 4.79 Å². The second-order valence-electron chi connectivity index (χ2n) is 7.24. The van der Waals surface area contributed by atoms with Gasteiger partial charge in [0.2, 0.25) is 0 Å². The third kappa shape index (κ3) is 5.16. The normalized spacial score (nSPS) is 12.9. The Hall–Kier alpha value is -4.78. The highest BCUT2D eigenvalue weighted by Crippen LogP contribution is 2.29. The first-order chi connectivity index (χ1) is 16.5. The maximum absolute atomic E-state index is 12.4. The minimum atomic E-state index is -1.04. The fourth-order valence-corrected chi connectivity index (χ4v) is 3.30. The number of nitrogens with one attached hydrogen (secondary N) is 1. The number of carbonyl (C=O) groups is 2. The first-order valence-corrected chi connectivity index (χ1v) is 10.4. The molecule has 0 bridgehead atoms. The number of aromatic carboxylic acids is 1. The van der Waals surface area contributed by atoms with Gasteiger partial charge in [-0.2, -0.15) is 5.10 Å². The Bertz CT molecular complexity index is 1280. The van der Waals surface area contributed by atoms with Crippen LogP contribution in [-0.4, -0.2) is 22.7 Å². The van der Waals surface area contributed by atoms with Gasteiger partial charge in [0.1, 0.15) is 5.82 Å². The fraction of sp³-hybridized carbons (Fsp3) is 0. The standard InChI is InChI=1S/C20H15N3O.C7H5FO2/c24-20-19(17-13-7-8-14-18(17)21-20)22-23(15-9-3-1-4-10-15)16-11-5-2-6-12-16;8-6-3-1-5(2-4-6)7(9)10/h1-14H,(H,21,22,24);1-4H,(H,9,10). The molecule has 1 aliphatic rings. The van der Waals surface area contributed by atoms with Crippen molar-refractivity contribution in [3.63, 3.8) is 0 Å². The predicted molar refractivity (Wildman–Crippen MR) is 130 cm³/mol. The average molecular weight is 453 g/mol. The molecule has 34 heavy (non-hydrogen) atoms. The van der Waals surface area contributed by atoms with E-state index in [0.29, 0.717) is 5.71 Å². The number of hydrogen-bond donors (Lipinski definition) is 2. The van der Waals surface area contributed by atoms with Gasteiger partial charge in [0.15, 0.2) is 5.71 Å². The van der Waals surface area contributed by atoms with E-state index in [1.807, 2.05) is 84.9 Å². The number of benzene rings is 4. The van der Waals surface area contributed by atoms with Gasteiger partial charge in [-0.15, -0.1) is 0 Å². The number of hydrogen-bond acceptors (Lipinski definition) is 4. The highest BCUT2D eigenvalue weighted by atomic mass is 19.1. The van der Waals surface area contributed by atoms with Gasteiger partial charge in [0.25, 0.3) is 5.91 Å². The van der Waals surface area contributed by atoms with Crippen molar-refractivity contribution >= 4 is 34.7 Å². The molecule has 0 saturated carbocycles. The Morgan fingerprint density at radius 1 is 0.765 bits per heavy atom. The lowest BCUT2D eigenvalue weighted by Crippen LogP contribution is -2.20. The molecule has 168 valence electrons. The predicted octanol–water partition coefficient (Wildman–Crippen LogP) is 5.71. The maximum atomic E-state index is 12.4. The quantitative estimate of drug-likeness (QED) is 0.388. The van der Waals surface area contributed by atoms with E-state index in [1.54, 1.807) is 5.01 Å². The summed E-state index contributed by atoms with van der Waals surface area (Å²) in [5.41, 5.74) is 3.92. The minimum absolute atomic E-state index is 0.0985. The molecule has 1 amide bonds. The summed E-state index contributed by atoms with van der Waals surface area (Å²) in [5.74, 6) is -1.65. The van der Waals surface area contributed by atoms with Gasteiger partial charge in [-0.05, 0) is 54.6 Å². The number of hydrazone groups is 1. The SMILES string of the molecule is O=C(O)c1ccc(F)cc1.O=C1Nc2ccccc2C1=NN(c1ccccc1)c1ccccc1. The van der Waals surface area contributed by atoms with Crippen LogP contribution in [0.3, 0.4) is 0 Å². The molecule has 2 N–H and O–H groups in total. The van der Waals surface area contributed by atoms with E-state index in [2.05, 4.69) is 10.4 Å². The van der Waals surface area contributed by atoms with Crippen LogP contribution in [0.5, 0.6) is 0 Å². The highest BCUT2D eigenvalue weighted by Gasteiger charge is 2.27. The minimum Gasteiger partial charge on any atom is -0.478 e. The Morgan fingerprint density at radius 2 is 1.29 bits per heavy atom. The largest absolute Gasteiger partial charge is 0.478 e. The van der Waals surface area contributed by atoms with Crippen LogP contribution < -0.4 is 10.3 Å². The van der Waals surface area contributed by atoms with E-state index in [1.165, 1.54) is 12.1 Å². The molecule has 0 spiro atoms. The molecular formula is C27H20FN3O3. The van der Waals surface area contributed by atoms with E-state index in [4.69, 9.17) is 5.11 Å². The van der Waals surface area contributed by atoms with Crippen molar-refractivity contribution < 1.29 is 19.1 Å². The van der Waals surface area contributed by atoms with E-state index >= 15 is 0 Å². The van der Waals surface area contributed by atoms with Gasteiger partial charge in [-0.25, -0.2) is 14.2 Å². The Labute approximate surface area is 195 Å². The van der Waals surface area contributed by atoms with Crippen LogP contribution in [0.2, 0.25) is 0 Å². The number of nitrogens with zero attached hydrogens (tertiary/aromatic N) is 2. The van der Waals surface area contributed by atoms with Crippen LogP contribution in [0.1, 0.15) is 15.9 Å². The zero-order valence-corrected chi connectivity index (χ0v) is 17.9. The van der Waals surface area contributed by atoms with Crippen molar-refractivity contribution in [2.24, 2.45) is 5.10 Å². The molecule has 7 heteroatoms. The molecule has 1 aliphatic heterocycles. The lowest BCUT2D eigenvalue weighted by molar-refractivity contribution is -0.110. The summed E-state index contributed by atoms with van der Waals surface area (Å²) >= 11 is 0. The number of rotatable bonds is 4. The van der Waals surface area contributed by atoms with Crippen molar-refractivity contribution in [3.8, 4) is 0 Å². The number of carboxylic acids is 1. The molecule has 4 aromatic carbocycles. The number of carbonyl (C=O) groups excluding carboxylic acids is 1. The van der Waals surface area contributed by atoms with Crippen molar-refractivity contribution in [1.82, 2.24) is 0 Å². The van der Waals surface area contributed by atoms with E-state index in [0.717, 1.165) is 34.8 Å². The third-order valence-corrected chi connectivity index (χ3v) is 4.94. The number of amides is 1. The van der Waals surface area contributed by atoms with Gasteiger partial charge in [0.05, 0.1) is 22.6 Å². The van der Waals surface area contributed by atoms with Gasteiger partial charge < -0.3 is 10.4 Å². The zero-order chi connectivity index (χ0) is 23.9. The first-order valence-electron chi connectivity index (χ1n) is 10.4. The molecule has 5 rings (SSSR count). The van der Waals surface area contributed by atoms with Crippen molar-refractivity contribution in [1.29, 1.82) is 0 Å². The summed E-state index contributed by atoms with van der Waals surface area (Å²) in [6.45, 7) is 0. The molecule has 0 atom stereocenters. The molecule has 0 aromatic heterocycles. The Morgan fingerprint density at radius 3 is 1.85 bits per heavy atom. The van der Waals surface area contributed by atoms with Gasteiger partial charge in [0, 0.05) is 5.56 Å². The second kappa shape index (κ2) is 10.2. The molecule has 0 unspecified atom stereocenters. The summed E-state index contributed by atoms with van der Waals surface area (Å²) in [6.07, 6.45) is 0. The molecular weight excluding hydrogens is 433 g/mol. The lowest BCUT2D eigenvalue weighted by Gasteiger charge is -2.20. The number of fused-ring (bicyclic) bond motifs is 1. The van der Waals surface area contributed by atoms with E-state index in [-0.39, 0.29) is 11.5 Å². The molecule has 4 aromatic rings. The van der Waals surface area contributed by atoms with Gasteiger partial charge >= 0.3 is 5.97 Å². The third-order valence-electron chi connectivity index (χ3n) is 4.94. The van der Waals surface area contributed by atoms with Gasteiger partial charge in [-0.3, -0.25) is 4.79 Å². The average Bonchev–Trinajstić information content (AvgIpc) is 3.19. The molecule has 0 radical (unpaired) electrons. The van der Waals surface area contributed by atoms with Crippen LogP contribution in [0.15, 0.2) is 114 Å². The molecule has 1 heterocycles. The summed E-state index contributed by atoms with van der Waals surface area (Å²) in [6, 6.07) is 31.8. The van der Waals surface area contributed by atoms with Crippen molar-refractivity contribution in [2.75, 3.05) is 10.3 Å². The molecule has 0 aliphatic carbocycles. The monoisotopic (exact) mass is 453 g/mol. The van der Waals surface area contributed by atoms with Crippen molar-refractivity contribution in [2.45, 2.75) is 0 Å². The van der Waals surface area contributed by atoms with E-state index in [9.17, 15) is 14.0 Å². The zero-order valence-electron chi connectivity index (χ0n) is 17.9. The number of anilines is 3. The van der Waals surface area contributed by atoms with Crippen molar-refractivity contribution in [3.05, 3.63) is 126 Å². The maximum Gasteiger partial charge on any atom is 0.335 e. The van der Waals surface area contributed by atoms with Crippen LogP contribution in [0.25, 0.3) is 0 Å². The fourth-order valence-electron chi connectivity index (χ4n) is 3.30. The summed E-state index contributed by atoms with van der Waals surface area (Å²) in [5, 5.41) is 17.7. The number of carboxylic acid groups (broad SMARTS) is 1. The Kier molecular flexibility index (Phi) is 6.74. The molecule has 0 saturated heterocycles. The highest BCUT2D eigenvalue weighted by molar-refractivity contribution is 6.53. The Balaban J connectivity index is 0.000000231. The first kappa shape index (κ1) is 22.4. The number of para-hydroxylation sites is 3. The van der Waals surface area contributed by atoms with Crippen LogP contribution in [0, 0.1) is 5.82 Å². The lowest BCUT2D eigenvalue weighted by atomic mass is 10.1. The number of halogens is 1. The second-order valence-corrected chi connectivity index (χ2v) is 7.24. The summed E-state index contributed by atoms with van der Waals surface area (Å²) in [7, 11) is 0. The van der Waals surface area contributed by atoms with Gasteiger partial charge in [-0.1, -0.05) is 54.6 Å². The van der Waals surface area contributed by atoms with E-state index < -0.39 is 11.8 Å². The van der Waals surface area contributed by atoms with Crippen LogP contribution >= 0.6 is 0 Å². The summed E-state index contributed by atoms with van der Waals surface area (Å²) < 4.78 is 12.2. The summed E-state index contributed by atoms with van der Waals surface area (Å²) in [4.78, 5) is 22.6. The topological polar surface area (TPSA) is 82.0 Å². The molecule has 0 fully saturated rings.